The van der Waals surface area contributed by atoms with Gasteiger partial charge in [-0.1, -0.05) is 60.8 Å². The van der Waals surface area contributed by atoms with Gasteiger partial charge in [0.05, 0.1) is 10.5 Å². The predicted molar refractivity (Wildman–Crippen MR) is 143 cm³/mol. The molecule has 0 bridgehead atoms. The van der Waals surface area contributed by atoms with E-state index in [1.54, 1.807) is 48.5 Å². The monoisotopic (exact) mass is 540 g/mol. The standard InChI is InChI=1S/C28H29ClN2O5S/c1-20-11-14-23(19-25(20)29)30-27(32)26(21-9-5-4-6-10-21)36-28(33)22-12-15-24(16-13-22)37(34,35)31-17-7-2-3-8-18-31/h4-6,9-16,19,26H,2-3,7-8,17-18H2,1H3,(H,30,32)/t26-/m1/s1. The van der Waals surface area contributed by atoms with Crippen molar-refractivity contribution in [3.63, 3.8) is 0 Å². The highest BCUT2D eigenvalue weighted by atomic mass is 35.5. The number of sulfonamides is 1. The highest BCUT2D eigenvalue weighted by Gasteiger charge is 2.28. The zero-order valence-electron chi connectivity index (χ0n) is 20.5. The van der Waals surface area contributed by atoms with Gasteiger partial charge in [-0.15, -0.1) is 0 Å². The van der Waals surface area contributed by atoms with Gasteiger partial charge in [0, 0.05) is 29.4 Å². The molecule has 0 radical (unpaired) electrons. The van der Waals surface area contributed by atoms with Gasteiger partial charge in [-0.3, -0.25) is 4.79 Å². The van der Waals surface area contributed by atoms with Crippen molar-refractivity contribution in [1.29, 1.82) is 0 Å². The van der Waals surface area contributed by atoms with Crippen molar-refractivity contribution in [3.8, 4) is 0 Å². The van der Waals surface area contributed by atoms with Crippen LogP contribution < -0.4 is 5.32 Å². The Kier molecular flexibility index (Phi) is 8.63. The summed E-state index contributed by atoms with van der Waals surface area (Å²) in [6, 6.07) is 19.4. The first kappa shape index (κ1) is 26.9. The minimum absolute atomic E-state index is 0.125. The number of nitrogens with zero attached hydrogens (tertiary/aromatic N) is 1. The molecule has 1 saturated heterocycles. The van der Waals surface area contributed by atoms with E-state index in [0.717, 1.165) is 31.2 Å². The second-order valence-electron chi connectivity index (χ2n) is 8.99. The second-order valence-corrected chi connectivity index (χ2v) is 11.3. The first-order chi connectivity index (χ1) is 17.8. The van der Waals surface area contributed by atoms with Crippen LogP contribution in [0.3, 0.4) is 0 Å². The van der Waals surface area contributed by atoms with Gasteiger partial charge in [-0.05, 0) is 61.7 Å². The average molecular weight is 541 g/mol. The quantitative estimate of drug-likeness (QED) is 0.385. The van der Waals surface area contributed by atoms with Gasteiger partial charge in [0.15, 0.2) is 0 Å². The van der Waals surface area contributed by atoms with Crippen LogP contribution in [0, 0.1) is 6.92 Å². The van der Waals surface area contributed by atoms with Crippen LogP contribution in [0.2, 0.25) is 5.02 Å². The number of anilines is 1. The van der Waals surface area contributed by atoms with Crippen LogP contribution >= 0.6 is 11.6 Å². The molecule has 194 valence electrons. The molecule has 1 fully saturated rings. The van der Waals surface area contributed by atoms with E-state index >= 15 is 0 Å². The molecule has 1 atom stereocenters. The number of hydrogen-bond acceptors (Lipinski definition) is 5. The summed E-state index contributed by atoms with van der Waals surface area (Å²) in [5.41, 5.74) is 1.97. The molecule has 1 aliphatic rings. The fourth-order valence-corrected chi connectivity index (χ4v) is 5.85. The first-order valence-corrected chi connectivity index (χ1v) is 14.0. The lowest BCUT2D eigenvalue weighted by Crippen LogP contribution is -2.32. The smallest absolute Gasteiger partial charge is 0.339 e. The Morgan fingerprint density at radius 1 is 0.919 bits per heavy atom. The highest BCUT2D eigenvalue weighted by Crippen LogP contribution is 2.25. The van der Waals surface area contributed by atoms with Gasteiger partial charge >= 0.3 is 5.97 Å². The van der Waals surface area contributed by atoms with E-state index in [2.05, 4.69) is 5.32 Å². The Morgan fingerprint density at radius 3 is 2.19 bits per heavy atom. The minimum atomic E-state index is -3.64. The molecule has 1 amide bonds. The Hall–Kier alpha value is -3.20. The number of aryl methyl sites for hydroxylation is 1. The van der Waals surface area contributed by atoms with Gasteiger partial charge in [-0.2, -0.15) is 4.31 Å². The zero-order valence-corrected chi connectivity index (χ0v) is 22.1. The number of esters is 1. The number of hydrogen-bond donors (Lipinski definition) is 1. The number of ether oxygens (including phenoxy) is 1. The van der Waals surface area contributed by atoms with E-state index in [9.17, 15) is 18.0 Å². The Bertz CT molecular complexity index is 1350. The third kappa shape index (κ3) is 6.57. The van der Waals surface area contributed by atoms with Crippen LogP contribution in [0.5, 0.6) is 0 Å². The van der Waals surface area contributed by atoms with Crippen LogP contribution in [0.1, 0.15) is 53.3 Å². The fraction of sp³-hybridized carbons (Fsp3) is 0.286. The lowest BCUT2D eigenvalue weighted by Gasteiger charge is -2.20. The second kappa shape index (κ2) is 11.9. The SMILES string of the molecule is Cc1ccc(NC(=O)[C@H](OC(=O)c2ccc(S(=O)(=O)N3CCCCCC3)cc2)c2ccccc2)cc1Cl. The van der Waals surface area contributed by atoms with Crippen LogP contribution in [-0.2, 0) is 19.6 Å². The number of benzene rings is 3. The van der Waals surface area contributed by atoms with Gasteiger partial charge < -0.3 is 10.1 Å². The summed E-state index contributed by atoms with van der Waals surface area (Å²) < 4.78 is 33.2. The molecule has 3 aromatic carbocycles. The maximum atomic E-state index is 13.1. The summed E-state index contributed by atoms with van der Waals surface area (Å²) >= 11 is 6.18. The molecule has 0 unspecified atom stereocenters. The zero-order chi connectivity index (χ0) is 26.4. The van der Waals surface area contributed by atoms with Gasteiger partial charge in [0.25, 0.3) is 5.91 Å². The summed E-state index contributed by atoms with van der Waals surface area (Å²) in [5, 5.41) is 3.25. The first-order valence-electron chi connectivity index (χ1n) is 12.2. The predicted octanol–water partition coefficient (Wildman–Crippen LogP) is 5.75. The fourth-order valence-electron chi connectivity index (χ4n) is 4.15. The van der Waals surface area contributed by atoms with E-state index in [4.69, 9.17) is 16.3 Å². The van der Waals surface area contributed by atoms with Crippen molar-refractivity contribution in [2.75, 3.05) is 18.4 Å². The summed E-state index contributed by atoms with van der Waals surface area (Å²) in [4.78, 5) is 26.3. The highest BCUT2D eigenvalue weighted by molar-refractivity contribution is 7.89. The summed E-state index contributed by atoms with van der Waals surface area (Å²) in [5.74, 6) is -1.29. The van der Waals surface area contributed by atoms with Crippen molar-refractivity contribution >= 4 is 39.2 Å². The Morgan fingerprint density at radius 2 is 1.57 bits per heavy atom. The molecular formula is C28H29ClN2O5S. The summed E-state index contributed by atoms with van der Waals surface area (Å²) in [6.45, 7) is 2.84. The topological polar surface area (TPSA) is 92.8 Å². The molecule has 7 nitrogen and oxygen atoms in total. The van der Waals surface area contributed by atoms with Crippen molar-refractivity contribution in [1.82, 2.24) is 4.31 Å². The van der Waals surface area contributed by atoms with E-state index < -0.39 is 28.0 Å². The molecule has 1 aliphatic heterocycles. The number of carbonyl (C=O) groups is 2. The van der Waals surface area contributed by atoms with Gasteiger partial charge in [0.1, 0.15) is 0 Å². The van der Waals surface area contributed by atoms with Crippen molar-refractivity contribution in [3.05, 3.63) is 94.5 Å². The maximum absolute atomic E-state index is 13.1. The number of rotatable bonds is 7. The molecule has 4 rings (SSSR count). The maximum Gasteiger partial charge on any atom is 0.339 e. The summed E-state index contributed by atoms with van der Waals surface area (Å²) in [6.07, 6.45) is 2.48. The molecule has 0 aromatic heterocycles. The molecule has 0 spiro atoms. The lowest BCUT2D eigenvalue weighted by molar-refractivity contribution is -0.125. The van der Waals surface area contributed by atoms with E-state index in [1.165, 1.54) is 28.6 Å². The van der Waals surface area contributed by atoms with E-state index in [-0.39, 0.29) is 10.5 Å². The molecule has 1 heterocycles. The Balaban J connectivity index is 1.52. The van der Waals surface area contributed by atoms with Gasteiger partial charge in [0.2, 0.25) is 16.1 Å². The van der Waals surface area contributed by atoms with E-state index in [0.29, 0.717) is 29.4 Å². The molecule has 0 aliphatic carbocycles. The third-order valence-corrected chi connectivity index (χ3v) is 8.62. The van der Waals surface area contributed by atoms with E-state index in [1.807, 2.05) is 6.92 Å². The molecular weight excluding hydrogens is 512 g/mol. The summed E-state index contributed by atoms with van der Waals surface area (Å²) in [7, 11) is -3.64. The number of halogens is 1. The van der Waals surface area contributed by atoms with Crippen molar-refractivity contribution in [2.24, 2.45) is 0 Å². The number of amides is 1. The third-order valence-electron chi connectivity index (χ3n) is 6.30. The number of carbonyl (C=O) groups excluding carboxylic acids is 2. The Labute approximate surface area is 222 Å². The van der Waals surface area contributed by atoms with Gasteiger partial charge in [-0.25, -0.2) is 13.2 Å². The van der Waals surface area contributed by atoms with Crippen LogP contribution in [-0.4, -0.2) is 37.7 Å². The van der Waals surface area contributed by atoms with Crippen LogP contribution in [0.4, 0.5) is 5.69 Å². The average Bonchev–Trinajstić information content (AvgIpc) is 3.20. The minimum Gasteiger partial charge on any atom is -0.444 e. The molecule has 9 heteroatoms. The molecule has 37 heavy (non-hydrogen) atoms. The molecule has 3 aromatic rings. The normalized spacial score (nSPS) is 15.4. The number of nitrogens with one attached hydrogen (secondary N) is 1. The van der Waals surface area contributed by atoms with Crippen LogP contribution in [0.15, 0.2) is 77.7 Å². The van der Waals surface area contributed by atoms with Crippen molar-refractivity contribution < 1.29 is 22.7 Å². The molecule has 0 saturated carbocycles. The van der Waals surface area contributed by atoms with Crippen LogP contribution in [0.25, 0.3) is 0 Å². The molecule has 1 N–H and O–H groups in total. The largest absolute Gasteiger partial charge is 0.444 e. The van der Waals surface area contributed by atoms with Crippen molar-refractivity contribution in [2.45, 2.75) is 43.6 Å². The lowest BCUT2D eigenvalue weighted by atomic mass is 10.1.